The van der Waals surface area contributed by atoms with Crippen molar-refractivity contribution in [2.45, 2.75) is 19.3 Å². The van der Waals surface area contributed by atoms with Gasteiger partial charge in [0.2, 0.25) is 5.91 Å². The van der Waals surface area contributed by atoms with Gasteiger partial charge in [0.15, 0.2) is 0 Å². The number of carboxylic acids is 1. The minimum Gasteiger partial charge on any atom is -0.481 e. The maximum Gasteiger partial charge on any atom is 0.306 e. The molecule has 2 rings (SSSR count). The average Bonchev–Trinajstić information content (AvgIpc) is 2.87. The number of hydrogen-bond acceptors (Lipinski definition) is 4. The summed E-state index contributed by atoms with van der Waals surface area (Å²) in [5, 5.41) is 21.9. The van der Waals surface area contributed by atoms with Gasteiger partial charge in [0.25, 0.3) is 5.69 Å². The van der Waals surface area contributed by atoms with Gasteiger partial charge in [-0.05, 0) is 25.3 Å². The first-order valence-electron chi connectivity index (χ1n) is 6.35. The number of nitro benzene ring substituents is 1. The molecule has 1 amide bonds. The number of hydrogen-bond donors (Lipinski definition) is 2. The molecule has 0 aromatic heterocycles. The third kappa shape index (κ3) is 3.53. The number of carboxylic acid groups (broad SMARTS) is 1. The van der Waals surface area contributed by atoms with Gasteiger partial charge >= 0.3 is 5.97 Å². The van der Waals surface area contributed by atoms with E-state index in [1.807, 2.05) is 0 Å². The molecule has 1 aromatic carbocycles. The molecule has 1 aliphatic carbocycles. The molecule has 1 fully saturated rings. The highest BCUT2D eigenvalue weighted by molar-refractivity contribution is 5.93. The van der Waals surface area contributed by atoms with E-state index in [0.717, 1.165) is 18.2 Å². The van der Waals surface area contributed by atoms with Crippen LogP contribution in [0.4, 0.5) is 15.8 Å². The first-order chi connectivity index (χ1) is 9.86. The molecule has 112 valence electrons. The van der Waals surface area contributed by atoms with Gasteiger partial charge < -0.3 is 10.4 Å². The third-order valence-electron chi connectivity index (χ3n) is 3.51. The number of non-ortho nitro benzene ring substituents is 1. The number of nitrogens with zero attached hydrogens (tertiary/aromatic N) is 1. The highest BCUT2D eigenvalue weighted by atomic mass is 19.1. The summed E-state index contributed by atoms with van der Waals surface area (Å²) in [6, 6.07) is 2.80. The molecule has 2 N–H and O–H groups in total. The quantitative estimate of drug-likeness (QED) is 0.653. The van der Waals surface area contributed by atoms with Crippen molar-refractivity contribution in [3.63, 3.8) is 0 Å². The van der Waals surface area contributed by atoms with Crippen molar-refractivity contribution in [1.82, 2.24) is 0 Å². The summed E-state index contributed by atoms with van der Waals surface area (Å²) in [6.45, 7) is 0. The summed E-state index contributed by atoms with van der Waals surface area (Å²) >= 11 is 0. The van der Waals surface area contributed by atoms with Gasteiger partial charge in [-0.1, -0.05) is 0 Å². The summed E-state index contributed by atoms with van der Waals surface area (Å²) in [4.78, 5) is 32.7. The van der Waals surface area contributed by atoms with Crippen molar-refractivity contribution in [3.8, 4) is 0 Å². The Labute approximate surface area is 118 Å². The Morgan fingerprint density at radius 1 is 1.29 bits per heavy atom. The van der Waals surface area contributed by atoms with E-state index in [-0.39, 0.29) is 12.1 Å². The van der Waals surface area contributed by atoms with Gasteiger partial charge in [-0.3, -0.25) is 19.7 Å². The van der Waals surface area contributed by atoms with E-state index in [0.29, 0.717) is 12.8 Å². The van der Waals surface area contributed by atoms with Crippen LogP contribution >= 0.6 is 0 Å². The fraction of sp³-hybridized carbons (Fsp3) is 0.385. The predicted octanol–water partition coefficient (Wildman–Crippen LogP) is 2.17. The molecular weight excluding hydrogens is 283 g/mol. The number of anilines is 1. The molecule has 0 aliphatic heterocycles. The summed E-state index contributed by atoms with van der Waals surface area (Å²) in [6.07, 6.45) is 1.06. The van der Waals surface area contributed by atoms with E-state index < -0.39 is 40.1 Å². The Morgan fingerprint density at radius 3 is 2.52 bits per heavy atom. The Bertz CT molecular complexity index is 604. The van der Waals surface area contributed by atoms with Gasteiger partial charge in [0.1, 0.15) is 5.82 Å². The number of carbonyl (C=O) groups is 2. The second-order valence-electron chi connectivity index (χ2n) is 4.99. The Morgan fingerprint density at radius 2 is 1.95 bits per heavy atom. The van der Waals surface area contributed by atoms with Crippen LogP contribution in [0.1, 0.15) is 19.3 Å². The smallest absolute Gasteiger partial charge is 0.306 e. The Hall–Kier alpha value is -2.51. The third-order valence-corrected chi connectivity index (χ3v) is 3.51. The number of aliphatic carboxylic acids is 1. The van der Waals surface area contributed by atoms with E-state index >= 15 is 0 Å². The minimum atomic E-state index is -0.938. The number of rotatable bonds is 4. The van der Waals surface area contributed by atoms with Crippen LogP contribution < -0.4 is 5.32 Å². The summed E-state index contributed by atoms with van der Waals surface area (Å²) in [7, 11) is 0. The predicted molar refractivity (Wildman–Crippen MR) is 70.2 cm³/mol. The average molecular weight is 296 g/mol. The van der Waals surface area contributed by atoms with Crippen LogP contribution in [0.25, 0.3) is 0 Å². The number of halogens is 1. The van der Waals surface area contributed by atoms with Crippen LogP contribution in [-0.2, 0) is 9.59 Å². The maximum atomic E-state index is 13.3. The fourth-order valence-corrected chi connectivity index (χ4v) is 2.44. The van der Waals surface area contributed by atoms with Crippen molar-refractivity contribution in [2.24, 2.45) is 11.8 Å². The molecule has 21 heavy (non-hydrogen) atoms. The molecule has 8 heteroatoms. The molecule has 0 spiro atoms. The Kier molecular flexibility index (Phi) is 4.15. The SMILES string of the molecule is O=C(O)C1CCC(C(=O)Nc2cc(F)cc([N+](=O)[O-])c2)C1. The first-order valence-corrected chi connectivity index (χ1v) is 6.35. The molecule has 2 atom stereocenters. The molecule has 1 aromatic rings. The van der Waals surface area contributed by atoms with Crippen molar-refractivity contribution < 1.29 is 24.0 Å². The largest absolute Gasteiger partial charge is 0.481 e. The van der Waals surface area contributed by atoms with Gasteiger partial charge in [-0.15, -0.1) is 0 Å². The van der Waals surface area contributed by atoms with Crippen LogP contribution in [0.3, 0.4) is 0 Å². The molecule has 0 saturated heterocycles. The molecule has 0 bridgehead atoms. The lowest BCUT2D eigenvalue weighted by atomic mass is 10.0. The van der Waals surface area contributed by atoms with Crippen molar-refractivity contribution >= 4 is 23.3 Å². The molecule has 7 nitrogen and oxygen atoms in total. The number of carbonyl (C=O) groups excluding carboxylic acids is 1. The van der Waals surface area contributed by atoms with Gasteiger partial charge in [-0.2, -0.15) is 0 Å². The molecule has 0 radical (unpaired) electrons. The maximum absolute atomic E-state index is 13.3. The van der Waals surface area contributed by atoms with Crippen molar-refractivity contribution in [2.75, 3.05) is 5.32 Å². The first kappa shape index (κ1) is 14.9. The molecule has 0 heterocycles. The van der Waals surface area contributed by atoms with E-state index in [2.05, 4.69) is 5.32 Å². The zero-order valence-electron chi connectivity index (χ0n) is 10.9. The fourth-order valence-electron chi connectivity index (χ4n) is 2.44. The lowest BCUT2D eigenvalue weighted by Crippen LogP contribution is -2.21. The van der Waals surface area contributed by atoms with Crippen LogP contribution in [0.2, 0.25) is 0 Å². The Balaban J connectivity index is 2.07. The lowest BCUT2D eigenvalue weighted by molar-refractivity contribution is -0.385. The van der Waals surface area contributed by atoms with E-state index in [9.17, 15) is 24.1 Å². The summed E-state index contributed by atoms with van der Waals surface area (Å²) in [5.41, 5.74) is -0.467. The second kappa shape index (κ2) is 5.86. The topological polar surface area (TPSA) is 110 Å². The number of nitrogens with one attached hydrogen (secondary N) is 1. The minimum absolute atomic E-state index is 0.00882. The highest BCUT2D eigenvalue weighted by Gasteiger charge is 2.33. The van der Waals surface area contributed by atoms with Gasteiger partial charge in [0, 0.05) is 12.0 Å². The van der Waals surface area contributed by atoms with Crippen molar-refractivity contribution in [3.05, 3.63) is 34.1 Å². The zero-order valence-corrected chi connectivity index (χ0v) is 10.9. The lowest BCUT2D eigenvalue weighted by Gasteiger charge is -2.10. The van der Waals surface area contributed by atoms with Crippen molar-refractivity contribution in [1.29, 1.82) is 0 Å². The van der Waals surface area contributed by atoms with Crippen LogP contribution in [0, 0.1) is 27.8 Å². The zero-order chi connectivity index (χ0) is 15.6. The van der Waals surface area contributed by atoms with Crippen LogP contribution in [0.15, 0.2) is 18.2 Å². The number of benzene rings is 1. The normalized spacial score (nSPS) is 21.0. The van der Waals surface area contributed by atoms with E-state index in [4.69, 9.17) is 5.11 Å². The number of amides is 1. The molecule has 1 aliphatic rings. The van der Waals surface area contributed by atoms with Gasteiger partial charge in [0.05, 0.1) is 22.6 Å². The van der Waals surface area contributed by atoms with Gasteiger partial charge in [-0.25, -0.2) is 4.39 Å². The highest BCUT2D eigenvalue weighted by Crippen LogP contribution is 2.32. The standard InChI is InChI=1S/C13H13FN2O5/c14-9-4-10(6-11(5-9)16(20)21)15-12(17)7-1-2-8(3-7)13(18)19/h4-8H,1-3H2,(H,15,17)(H,18,19). The number of nitro groups is 1. The van der Waals surface area contributed by atoms with E-state index in [1.165, 1.54) is 0 Å². The summed E-state index contributed by atoms with van der Waals surface area (Å²) in [5.74, 6) is -3.24. The summed E-state index contributed by atoms with van der Waals surface area (Å²) < 4.78 is 13.3. The monoisotopic (exact) mass is 296 g/mol. The van der Waals surface area contributed by atoms with Crippen LogP contribution in [-0.4, -0.2) is 21.9 Å². The molecule has 1 saturated carbocycles. The van der Waals surface area contributed by atoms with E-state index in [1.54, 1.807) is 0 Å². The second-order valence-corrected chi connectivity index (χ2v) is 4.99. The molecule has 2 unspecified atom stereocenters. The molecular formula is C13H13FN2O5. The van der Waals surface area contributed by atoms with Crippen LogP contribution in [0.5, 0.6) is 0 Å².